The number of nitrogens with zero attached hydrogens (tertiary/aromatic N) is 4. The normalized spacial score (nSPS) is 11.7. The molecule has 0 atom stereocenters. The van der Waals surface area contributed by atoms with E-state index in [1.165, 1.54) is 33.0 Å². The zero-order chi connectivity index (χ0) is 38.9. The summed E-state index contributed by atoms with van der Waals surface area (Å²) in [6.07, 6.45) is 7.93. The Morgan fingerprint density at radius 2 is 0.695 bits per heavy atom. The van der Waals surface area contributed by atoms with Gasteiger partial charge in [0.2, 0.25) is 0 Å². The van der Waals surface area contributed by atoms with Crippen LogP contribution in [0.15, 0.2) is 207 Å². The lowest BCUT2D eigenvalue weighted by molar-refractivity contribution is 0.484. The molecular weight excluding hydrogens is 721 g/mol. The van der Waals surface area contributed by atoms with Crippen molar-refractivity contribution < 1.29 is 4.74 Å². The topological polar surface area (TPSA) is 43.8 Å². The first-order chi connectivity index (χ1) is 29.3. The smallest absolute Gasteiger partial charge is 0.145 e. The van der Waals surface area contributed by atoms with Crippen LogP contribution in [0.2, 0.25) is 0 Å². The molecule has 4 heterocycles. The minimum absolute atomic E-state index is 0.734. The lowest BCUT2D eigenvalue weighted by Crippen LogP contribution is -1.97. The molecule has 59 heavy (non-hydrogen) atoms. The summed E-state index contributed by atoms with van der Waals surface area (Å²) in [6, 6.07) is 64.3. The first-order valence-corrected chi connectivity index (χ1v) is 19.9. The van der Waals surface area contributed by atoms with E-state index in [1.54, 1.807) is 0 Å². The maximum atomic E-state index is 6.81. The number of ether oxygens (including phenoxy) is 1. The van der Waals surface area contributed by atoms with Crippen LogP contribution in [0.25, 0.3) is 99.2 Å². The van der Waals surface area contributed by atoms with Crippen molar-refractivity contribution in [3.8, 4) is 56.0 Å². The summed E-state index contributed by atoms with van der Waals surface area (Å²) in [5, 5.41) is 6.63. The van der Waals surface area contributed by atoms with Crippen LogP contribution < -0.4 is 4.74 Å². The first kappa shape index (κ1) is 33.2. The Labute approximate surface area is 339 Å². The third-order valence-corrected chi connectivity index (χ3v) is 11.7. The number of benzene rings is 8. The average Bonchev–Trinajstić information content (AvgIpc) is 4.02. The second-order valence-electron chi connectivity index (χ2n) is 15.0. The summed E-state index contributed by atoms with van der Waals surface area (Å²) in [5.74, 6) is 1.47. The molecule has 0 aliphatic rings. The van der Waals surface area contributed by atoms with Gasteiger partial charge in [-0.2, -0.15) is 0 Å². The number of hydrogen-bond donors (Lipinski definition) is 0. The Kier molecular flexibility index (Phi) is 7.47. The Morgan fingerprint density at radius 3 is 1.08 bits per heavy atom. The second kappa shape index (κ2) is 13.3. The molecule has 0 amide bonds. The van der Waals surface area contributed by atoms with Gasteiger partial charge in [0.1, 0.15) is 22.8 Å². The molecule has 0 radical (unpaired) electrons. The minimum atomic E-state index is 0.734. The lowest BCUT2D eigenvalue weighted by Gasteiger charge is -2.18. The zero-order valence-corrected chi connectivity index (χ0v) is 31.8. The highest BCUT2D eigenvalue weighted by Crippen LogP contribution is 2.44. The Balaban J connectivity index is 1.06. The minimum Gasteiger partial charge on any atom is -0.457 e. The molecule has 0 spiro atoms. The molecule has 0 bridgehead atoms. The van der Waals surface area contributed by atoms with Gasteiger partial charge >= 0.3 is 0 Å². The molecule has 5 nitrogen and oxygen atoms in total. The molecule has 0 aliphatic heterocycles. The van der Waals surface area contributed by atoms with E-state index >= 15 is 0 Å². The third-order valence-electron chi connectivity index (χ3n) is 11.7. The molecule has 276 valence electrons. The number of fused-ring (bicyclic) bond motifs is 12. The van der Waals surface area contributed by atoms with E-state index in [-0.39, 0.29) is 0 Å². The molecular formula is C54H34N4O. The zero-order valence-electron chi connectivity index (χ0n) is 31.8. The summed E-state index contributed by atoms with van der Waals surface area (Å²) in [5.41, 5.74) is 13.3. The van der Waals surface area contributed by atoms with E-state index in [4.69, 9.17) is 14.7 Å². The van der Waals surface area contributed by atoms with Crippen molar-refractivity contribution in [1.29, 1.82) is 0 Å². The van der Waals surface area contributed by atoms with Gasteiger partial charge in [0, 0.05) is 57.5 Å². The van der Waals surface area contributed by atoms with Crippen LogP contribution in [0.3, 0.4) is 0 Å². The second-order valence-corrected chi connectivity index (χ2v) is 15.0. The lowest BCUT2D eigenvalue weighted by atomic mass is 9.91. The molecule has 5 heteroatoms. The largest absolute Gasteiger partial charge is 0.457 e. The Bertz CT molecular complexity index is 3320. The summed E-state index contributed by atoms with van der Waals surface area (Å²) in [7, 11) is 0. The molecule has 0 saturated heterocycles. The predicted molar refractivity (Wildman–Crippen MR) is 242 cm³/mol. The van der Waals surface area contributed by atoms with Crippen LogP contribution in [-0.4, -0.2) is 18.8 Å². The fraction of sp³-hybridized carbons (Fsp3) is 0. The number of aromatic nitrogens is 4. The SMILES string of the molecule is c1ccc(-c2ccc(-c3ccccc3)c3c2c2ccc(Oc4ccc5c(c4)c4nccn4c4c(-c6ccccc6)ccc(-c6ccccc6)c54)cc2c2nccn23)cc1. The van der Waals surface area contributed by atoms with Crippen LogP contribution in [-0.2, 0) is 0 Å². The van der Waals surface area contributed by atoms with Crippen molar-refractivity contribution >= 4 is 54.6 Å². The monoisotopic (exact) mass is 754 g/mol. The van der Waals surface area contributed by atoms with Crippen molar-refractivity contribution in [2.75, 3.05) is 0 Å². The number of imidazole rings is 2. The highest BCUT2D eigenvalue weighted by atomic mass is 16.5. The van der Waals surface area contributed by atoms with Gasteiger partial charge in [-0.3, -0.25) is 8.80 Å². The van der Waals surface area contributed by atoms with E-state index in [0.717, 1.165) is 77.6 Å². The summed E-state index contributed by atoms with van der Waals surface area (Å²) in [4.78, 5) is 9.88. The molecule has 0 N–H and O–H groups in total. The van der Waals surface area contributed by atoms with E-state index < -0.39 is 0 Å². The van der Waals surface area contributed by atoms with Gasteiger partial charge in [-0.25, -0.2) is 9.97 Å². The average molecular weight is 755 g/mol. The van der Waals surface area contributed by atoms with Crippen molar-refractivity contribution in [1.82, 2.24) is 18.8 Å². The maximum absolute atomic E-state index is 6.81. The fourth-order valence-electron chi connectivity index (χ4n) is 9.13. The molecule has 0 fully saturated rings. The van der Waals surface area contributed by atoms with Gasteiger partial charge in [0.15, 0.2) is 0 Å². The predicted octanol–water partition coefficient (Wildman–Crippen LogP) is 14.1. The number of rotatable bonds is 6. The molecule has 0 aliphatic carbocycles. The van der Waals surface area contributed by atoms with E-state index in [0.29, 0.717) is 0 Å². The number of hydrogen-bond acceptors (Lipinski definition) is 3. The van der Waals surface area contributed by atoms with E-state index in [2.05, 4.69) is 203 Å². The third kappa shape index (κ3) is 5.25. The van der Waals surface area contributed by atoms with E-state index in [9.17, 15) is 0 Å². The highest BCUT2D eigenvalue weighted by molar-refractivity contribution is 6.21. The van der Waals surface area contributed by atoms with Crippen molar-refractivity contribution in [3.63, 3.8) is 0 Å². The van der Waals surface area contributed by atoms with Crippen molar-refractivity contribution in [3.05, 3.63) is 207 Å². The van der Waals surface area contributed by atoms with Crippen LogP contribution >= 0.6 is 0 Å². The molecule has 12 aromatic rings. The summed E-state index contributed by atoms with van der Waals surface area (Å²) < 4.78 is 11.3. The van der Waals surface area contributed by atoms with Gasteiger partial charge in [0.25, 0.3) is 0 Å². The van der Waals surface area contributed by atoms with Crippen molar-refractivity contribution in [2.45, 2.75) is 0 Å². The van der Waals surface area contributed by atoms with Crippen molar-refractivity contribution in [2.24, 2.45) is 0 Å². The fourth-order valence-corrected chi connectivity index (χ4v) is 9.13. The van der Waals surface area contributed by atoms with E-state index in [1.807, 2.05) is 12.4 Å². The van der Waals surface area contributed by atoms with Gasteiger partial charge in [-0.05, 0) is 80.6 Å². The molecule has 0 saturated carbocycles. The molecule has 4 aromatic heterocycles. The number of pyridine rings is 2. The van der Waals surface area contributed by atoms with Gasteiger partial charge in [0.05, 0.1) is 11.0 Å². The summed E-state index contributed by atoms with van der Waals surface area (Å²) >= 11 is 0. The van der Waals surface area contributed by atoms with Crippen LogP contribution in [0.5, 0.6) is 11.5 Å². The van der Waals surface area contributed by atoms with Gasteiger partial charge in [-0.1, -0.05) is 146 Å². The van der Waals surface area contributed by atoms with Gasteiger partial charge < -0.3 is 4.74 Å². The molecule has 12 rings (SSSR count). The molecule has 8 aromatic carbocycles. The van der Waals surface area contributed by atoms with Crippen LogP contribution in [0, 0.1) is 0 Å². The standard InChI is InChI=1S/C54H34N4O/c1-5-13-35(14-6-1)41-25-27-43(37-17-9-3-10-18-37)51-49(41)45-23-21-39(33-47(45)53-55-29-31-57(51)53)59-40-22-24-46-48(34-40)54-56-30-32-58(54)52-44(38-19-11-4-12-20-38)28-26-42(50(46)52)36-15-7-2-8-16-36/h1-34H. The van der Waals surface area contributed by atoms with Crippen LogP contribution in [0.4, 0.5) is 0 Å². The maximum Gasteiger partial charge on any atom is 0.145 e. The highest BCUT2D eigenvalue weighted by Gasteiger charge is 2.21. The Hall–Kier alpha value is -8.02. The summed E-state index contributed by atoms with van der Waals surface area (Å²) in [6.45, 7) is 0. The quantitative estimate of drug-likeness (QED) is 0.159. The first-order valence-electron chi connectivity index (χ1n) is 19.9. The Morgan fingerprint density at radius 1 is 0.339 bits per heavy atom. The molecule has 0 unspecified atom stereocenters. The van der Waals surface area contributed by atoms with Crippen LogP contribution in [0.1, 0.15) is 0 Å². The van der Waals surface area contributed by atoms with Gasteiger partial charge in [-0.15, -0.1) is 0 Å².